The summed E-state index contributed by atoms with van der Waals surface area (Å²) in [4.78, 5) is 46.7. The lowest BCUT2D eigenvalue weighted by Crippen LogP contribution is -2.24. The molecule has 2 heterocycles. The molecule has 0 aliphatic heterocycles. The topological polar surface area (TPSA) is 127 Å². The first-order chi connectivity index (χ1) is 18.1. The van der Waals surface area contributed by atoms with Gasteiger partial charge in [-0.05, 0) is 43.9 Å². The fourth-order valence-corrected chi connectivity index (χ4v) is 3.90. The fraction of sp³-hybridized carbons (Fsp3) is 0.320. The van der Waals surface area contributed by atoms with Gasteiger partial charge in [0.1, 0.15) is 11.4 Å². The molecular weight excluding hydrogens is 448 g/mol. The van der Waals surface area contributed by atoms with Crippen LogP contribution in [0.4, 0.5) is 17.2 Å². The van der Waals surface area contributed by atoms with Crippen molar-refractivity contribution in [3.63, 3.8) is 0 Å². The number of nitrogens with zero attached hydrogens (tertiary/aromatic N) is 3. The molecule has 1 aromatic carbocycles. The van der Waals surface area contributed by atoms with Crippen LogP contribution in [0.1, 0.15) is 46.2 Å². The van der Waals surface area contributed by atoms with Crippen molar-refractivity contribution in [3.05, 3.63) is 58.8 Å². The standard InChI is InChI=1S/C25H26N6O4/c1-26-25(34)21-17(10-11-27-23(21)30-24(33)14-6-7-14)29-18-5-3-4-16(22(18)35-2)19-12-20(32)31(13-28-19)15-8-9-15/h3-5,10-15H,6-9H2,1-2H3,(H,26,34)(H2,27,29,30,33)/i1D3. The molecule has 3 N–H and O–H groups in total. The predicted octanol–water partition coefficient (Wildman–Crippen LogP) is 3.10. The zero-order valence-electron chi connectivity index (χ0n) is 22.0. The molecule has 180 valence electrons. The van der Waals surface area contributed by atoms with Crippen molar-refractivity contribution < 1.29 is 18.4 Å². The van der Waals surface area contributed by atoms with Crippen molar-refractivity contribution in [1.82, 2.24) is 19.9 Å². The highest BCUT2D eigenvalue weighted by atomic mass is 16.5. The Morgan fingerprint density at radius 2 is 1.97 bits per heavy atom. The minimum absolute atomic E-state index is 0.0610. The number of amides is 2. The van der Waals surface area contributed by atoms with E-state index >= 15 is 0 Å². The van der Waals surface area contributed by atoms with E-state index in [1.807, 2.05) is 5.32 Å². The van der Waals surface area contributed by atoms with E-state index in [1.165, 1.54) is 31.8 Å². The number of benzene rings is 1. The lowest BCUT2D eigenvalue weighted by molar-refractivity contribution is -0.117. The highest BCUT2D eigenvalue weighted by Gasteiger charge is 2.31. The summed E-state index contributed by atoms with van der Waals surface area (Å²) in [6.07, 6.45) is 6.32. The molecule has 2 aliphatic rings. The molecule has 2 aliphatic carbocycles. The molecule has 0 unspecified atom stereocenters. The Kier molecular flexibility index (Phi) is 5.03. The third kappa shape index (κ3) is 4.59. The maximum atomic E-state index is 13.1. The Labute approximate surface area is 206 Å². The van der Waals surface area contributed by atoms with Crippen molar-refractivity contribution in [1.29, 1.82) is 0 Å². The Bertz CT molecular complexity index is 1460. The smallest absolute Gasteiger partial charge is 0.256 e. The number of nitrogens with one attached hydrogen (secondary N) is 3. The van der Waals surface area contributed by atoms with Gasteiger partial charge in [0.15, 0.2) is 5.75 Å². The number of ether oxygens (including phenoxy) is 1. The summed E-state index contributed by atoms with van der Waals surface area (Å²) in [7, 11) is 1.46. The molecule has 10 heteroatoms. The first-order valence-electron chi connectivity index (χ1n) is 12.8. The third-order valence-corrected chi connectivity index (χ3v) is 6.02. The molecule has 0 atom stereocenters. The molecule has 2 fully saturated rings. The van der Waals surface area contributed by atoms with Gasteiger partial charge in [-0.25, -0.2) is 9.97 Å². The Hall–Kier alpha value is -4.21. The van der Waals surface area contributed by atoms with E-state index < -0.39 is 12.9 Å². The van der Waals surface area contributed by atoms with E-state index in [2.05, 4.69) is 20.6 Å². The predicted molar refractivity (Wildman–Crippen MR) is 131 cm³/mol. The van der Waals surface area contributed by atoms with Crippen LogP contribution >= 0.6 is 0 Å². The summed E-state index contributed by atoms with van der Waals surface area (Å²) in [5, 5.41) is 7.72. The molecular formula is C25H26N6O4. The van der Waals surface area contributed by atoms with Gasteiger partial charge in [-0.15, -0.1) is 0 Å². The van der Waals surface area contributed by atoms with Crippen molar-refractivity contribution in [2.75, 3.05) is 24.7 Å². The van der Waals surface area contributed by atoms with Gasteiger partial charge in [-0.2, -0.15) is 0 Å². The number of carbonyl (C=O) groups is 2. The van der Waals surface area contributed by atoms with Gasteiger partial charge in [-0.1, -0.05) is 6.07 Å². The number of pyridine rings is 1. The highest BCUT2D eigenvalue weighted by molar-refractivity contribution is 6.08. The Morgan fingerprint density at radius 3 is 2.66 bits per heavy atom. The van der Waals surface area contributed by atoms with E-state index in [-0.39, 0.29) is 40.5 Å². The Balaban J connectivity index is 1.53. The SMILES string of the molecule is [2H]C([2H])([2H])NC(=O)c1c(Nc2cccc(-c3cc(=O)n(C4CC4)cn3)c2OC)ccnc1NC(=O)C1CC1. The number of para-hydroxylation sites is 1. The monoisotopic (exact) mass is 477 g/mol. The number of rotatable bonds is 8. The maximum Gasteiger partial charge on any atom is 0.256 e. The van der Waals surface area contributed by atoms with E-state index in [0.717, 1.165) is 25.7 Å². The van der Waals surface area contributed by atoms with Crippen molar-refractivity contribution in [3.8, 4) is 17.0 Å². The van der Waals surface area contributed by atoms with Crippen molar-refractivity contribution in [2.45, 2.75) is 31.7 Å². The zero-order chi connectivity index (χ0) is 27.0. The van der Waals surface area contributed by atoms with Crippen molar-refractivity contribution in [2.24, 2.45) is 5.92 Å². The van der Waals surface area contributed by atoms with Crippen LogP contribution in [-0.4, -0.2) is 40.4 Å². The molecule has 0 spiro atoms. The number of carbonyl (C=O) groups excluding carboxylic acids is 2. The van der Waals surface area contributed by atoms with E-state index in [1.54, 1.807) is 22.8 Å². The van der Waals surface area contributed by atoms with Gasteiger partial charge in [-0.3, -0.25) is 19.0 Å². The molecule has 35 heavy (non-hydrogen) atoms. The second kappa shape index (κ2) is 9.21. The number of hydrogen-bond donors (Lipinski definition) is 3. The molecule has 0 radical (unpaired) electrons. The quantitative estimate of drug-likeness (QED) is 0.455. The summed E-state index contributed by atoms with van der Waals surface area (Å²) in [6.45, 7) is -2.76. The lowest BCUT2D eigenvalue weighted by atomic mass is 10.1. The van der Waals surface area contributed by atoms with Crippen LogP contribution in [0.15, 0.2) is 47.7 Å². The van der Waals surface area contributed by atoms with Crippen molar-refractivity contribution >= 4 is 29.0 Å². The zero-order valence-corrected chi connectivity index (χ0v) is 19.0. The average molecular weight is 478 g/mol. The highest BCUT2D eigenvalue weighted by Crippen LogP contribution is 2.39. The Morgan fingerprint density at radius 1 is 1.14 bits per heavy atom. The first-order valence-corrected chi connectivity index (χ1v) is 11.3. The van der Waals surface area contributed by atoms with Gasteiger partial charge in [0.25, 0.3) is 11.5 Å². The molecule has 10 nitrogen and oxygen atoms in total. The van der Waals surface area contributed by atoms with E-state index in [4.69, 9.17) is 8.85 Å². The molecule has 0 bridgehead atoms. The van der Waals surface area contributed by atoms with Crippen LogP contribution in [0, 0.1) is 5.92 Å². The third-order valence-electron chi connectivity index (χ3n) is 6.02. The molecule has 2 amide bonds. The molecule has 2 saturated carbocycles. The van der Waals surface area contributed by atoms with Crippen LogP contribution in [-0.2, 0) is 4.79 Å². The van der Waals surface area contributed by atoms with Crippen LogP contribution in [0.25, 0.3) is 11.3 Å². The average Bonchev–Trinajstić information content (AvgIpc) is 3.76. The summed E-state index contributed by atoms with van der Waals surface area (Å²) >= 11 is 0. The van der Waals surface area contributed by atoms with Crippen LogP contribution < -0.4 is 26.2 Å². The van der Waals surface area contributed by atoms with Gasteiger partial charge >= 0.3 is 0 Å². The lowest BCUT2D eigenvalue weighted by Gasteiger charge is -2.18. The number of aromatic nitrogens is 3. The normalized spacial score (nSPS) is 16.4. The van der Waals surface area contributed by atoms with Gasteiger partial charge in [0, 0.05) is 40.9 Å². The molecule has 0 saturated heterocycles. The summed E-state index contributed by atoms with van der Waals surface area (Å²) in [5.41, 5.74) is 1.27. The number of methoxy groups -OCH3 is 1. The molecule has 3 aromatic rings. The van der Waals surface area contributed by atoms with E-state index in [9.17, 15) is 14.4 Å². The number of hydrogen-bond acceptors (Lipinski definition) is 7. The second-order valence-electron chi connectivity index (χ2n) is 8.56. The summed E-state index contributed by atoms with van der Waals surface area (Å²) in [6, 6.07) is 8.31. The minimum atomic E-state index is -2.76. The second-order valence-corrected chi connectivity index (χ2v) is 8.56. The van der Waals surface area contributed by atoms with E-state index in [0.29, 0.717) is 22.7 Å². The molecule has 5 rings (SSSR count). The fourth-order valence-electron chi connectivity index (χ4n) is 3.90. The van der Waals surface area contributed by atoms with Gasteiger partial charge in [0.05, 0.1) is 30.5 Å². The number of anilines is 3. The largest absolute Gasteiger partial charge is 0.494 e. The van der Waals surface area contributed by atoms with Gasteiger partial charge in [0.2, 0.25) is 5.91 Å². The van der Waals surface area contributed by atoms with Crippen LogP contribution in [0.5, 0.6) is 5.75 Å². The van der Waals surface area contributed by atoms with Crippen LogP contribution in [0.3, 0.4) is 0 Å². The maximum absolute atomic E-state index is 13.1. The summed E-state index contributed by atoms with van der Waals surface area (Å²) < 4.78 is 29.7. The molecule has 2 aromatic heterocycles. The van der Waals surface area contributed by atoms with Gasteiger partial charge < -0.3 is 20.7 Å². The van der Waals surface area contributed by atoms with Crippen LogP contribution in [0.2, 0.25) is 0 Å². The first kappa shape index (κ1) is 19.1. The minimum Gasteiger partial charge on any atom is -0.494 e. The summed E-state index contributed by atoms with van der Waals surface area (Å²) in [5.74, 6) is -1.09.